The molecule has 1 saturated heterocycles. The number of benzene rings is 1. The number of carbonyl (C=O) groups excluding carboxylic acids is 1. The molecule has 186 valence electrons. The number of aryl methyl sites for hydroxylation is 4. The summed E-state index contributed by atoms with van der Waals surface area (Å²) in [4.78, 5) is 31.6. The quantitative estimate of drug-likeness (QED) is 0.561. The Hall–Kier alpha value is -3.40. The Balaban J connectivity index is 1.54. The van der Waals surface area contributed by atoms with E-state index in [1.54, 1.807) is 6.20 Å². The first-order valence-corrected chi connectivity index (χ1v) is 12.3. The van der Waals surface area contributed by atoms with Crippen molar-refractivity contribution in [3.63, 3.8) is 0 Å². The molecule has 0 saturated carbocycles. The van der Waals surface area contributed by atoms with Gasteiger partial charge in [-0.05, 0) is 57.2 Å². The number of ether oxygens (including phenoxy) is 1. The molecule has 0 bridgehead atoms. The van der Waals surface area contributed by atoms with E-state index in [0.717, 1.165) is 53.7 Å². The first kappa shape index (κ1) is 23.3. The molecule has 2 aliphatic heterocycles. The molecule has 1 fully saturated rings. The second kappa shape index (κ2) is 9.69. The summed E-state index contributed by atoms with van der Waals surface area (Å²) in [6.45, 7) is 6.03. The number of hydrogen-bond donors (Lipinski definition) is 2. The number of rotatable bonds is 6. The summed E-state index contributed by atoms with van der Waals surface area (Å²) in [6, 6.07) is 3.85. The Morgan fingerprint density at radius 3 is 2.77 bits per heavy atom. The predicted molar refractivity (Wildman–Crippen MR) is 131 cm³/mol. The highest BCUT2D eigenvalue weighted by atomic mass is 16.5. The summed E-state index contributed by atoms with van der Waals surface area (Å²) >= 11 is 0. The lowest BCUT2D eigenvalue weighted by Crippen LogP contribution is -2.41. The molecule has 10 nitrogen and oxygen atoms in total. The van der Waals surface area contributed by atoms with E-state index in [9.17, 15) is 14.7 Å². The Bertz CT molecular complexity index is 1230. The van der Waals surface area contributed by atoms with Crippen molar-refractivity contribution in [2.45, 2.75) is 71.1 Å². The molecule has 0 spiro atoms. The van der Waals surface area contributed by atoms with Gasteiger partial charge in [-0.15, -0.1) is 0 Å². The van der Waals surface area contributed by atoms with E-state index in [1.165, 1.54) is 4.90 Å². The molecular formula is C25H32N6O4. The molecule has 2 aliphatic rings. The highest BCUT2D eigenvalue weighted by Crippen LogP contribution is 2.38. The molecule has 35 heavy (non-hydrogen) atoms. The van der Waals surface area contributed by atoms with Crippen molar-refractivity contribution in [3.05, 3.63) is 41.5 Å². The molecule has 5 rings (SSSR count). The average molecular weight is 481 g/mol. The number of nitrogens with one attached hydrogen (secondary N) is 1. The fraction of sp³-hybridized carbons (Fsp3) is 0.520. The highest BCUT2D eigenvalue weighted by Gasteiger charge is 2.32. The fourth-order valence-corrected chi connectivity index (χ4v) is 5.33. The first-order valence-electron chi connectivity index (χ1n) is 12.3. The predicted octanol–water partition coefficient (Wildman–Crippen LogP) is 2.90. The SMILES string of the molecule is Cc1cc2c(c3nc(CCn4cccn4)n(CC(=O)NC4CCOCC4)c13)CCC(C)N2C(=O)O. The van der Waals surface area contributed by atoms with Crippen LogP contribution in [0.1, 0.15) is 43.1 Å². The number of imidazole rings is 1. The largest absolute Gasteiger partial charge is 0.465 e. The highest BCUT2D eigenvalue weighted by molar-refractivity contribution is 5.96. The Morgan fingerprint density at radius 2 is 2.06 bits per heavy atom. The molecular weight excluding hydrogens is 448 g/mol. The normalized spacial score (nSPS) is 18.6. The van der Waals surface area contributed by atoms with Crippen LogP contribution < -0.4 is 10.2 Å². The van der Waals surface area contributed by atoms with Gasteiger partial charge in [0, 0.05) is 56.2 Å². The first-order chi connectivity index (χ1) is 16.9. The van der Waals surface area contributed by atoms with Gasteiger partial charge < -0.3 is 19.7 Å². The van der Waals surface area contributed by atoms with Crippen LogP contribution >= 0.6 is 0 Å². The number of fused-ring (bicyclic) bond motifs is 3. The van der Waals surface area contributed by atoms with Crippen LogP contribution in [0.25, 0.3) is 11.0 Å². The van der Waals surface area contributed by atoms with E-state index in [4.69, 9.17) is 9.72 Å². The van der Waals surface area contributed by atoms with E-state index < -0.39 is 6.09 Å². The lowest BCUT2D eigenvalue weighted by molar-refractivity contribution is -0.122. The van der Waals surface area contributed by atoms with Crippen molar-refractivity contribution in [2.24, 2.45) is 0 Å². The van der Waals surface area contributed by atoms with Gasteiger partial charge in [0.1, 0.15) is 12.4 Å². The number of carbonyl (C=O) groups is 2. The number of anilines is 1. The van der Waals surface area contributed by atoms with Crippen molar-refractivity contribution in [2.75, 3.05) is 18.1 Å². The number of nitrogens with zero attached hydrogens (tertiary/aromatic N) is 5. The van der Waals surface area contributed by atoms with E-state index >= 15 is 0 Å². The van der Waals surface area contributed by atoms with Crippen LogP contribution in [-0.4, -0.2) is 61.7 Å². The molecule has 0 radical (unpaired) electrons. The third-order valence-electron chi connectivity index (χ3n) is 7.10. The summed E-state index contributed by atoms with van der Waals surface area (Å²) in [6.07, 6.45) is 6.42. The zero-order valence-corrected chi connectivity index (χ0v) is 20.2. The summed E-state index contributed by atoms with van der Waals surface area (Å²) in [5.41, 5.74) is 4.26. The molecule has 2 aromatic heterocycles. The third-order valence-corrected chi connectivity index (χ3v) is 7.10. The van der Waals surface area contributed by atoms with Gasteiger partial charge in [0.25, 0.3) is 0 Å². The summed E-state index contributed by atoms with van der Waals surface area (Å²) in [5, 5.41) is 17.3. The minimum Gasteiger partial charge on any atom is -0.465 e. The van der Waals surface area contributed by atoms with Crippen LogP contribution in [0.3, 0.4) is 0 Å². The second-order valence-electron chi connectivity index (χ2n) is 9.52. The molecule has 1 atom stereocenters. The van der Waals surface area contributed by atoms with Gasteiger partial charge in [0.2, 0.25) is 5.91 Å². The molecule has 0 aliphatic carbocycles. The van der Waals surface area contributed by atoms with E-state index in [-0.39, 0.29) is 24.5 Å². The maximum Gasteiger partial charge on any atom is 0.412 e. The van der Waals surface area contributed by atoms with Crippen LogP contribution in [0.4, 0.5) is 10.5 Å². The lowest BCUT2D eigenvalue weighted by Gasteiger charge is -2.33. The van der Waals surface area contributed by atoms with Crippen LogP contribution in [0.2, 0.25) is 0 Å². The van der Waals surface area contributed by atoms with Gasteiger partial charge in [0.05, 0.1) is 16.7 Å². The maximum atomic E-state index is 13.1. The topological polar surface area (TPSA) is 115 Å². The molecule has 3 aromatic rings. The van der Waals surface area contributed by atoms with Crippen LogP contribution in [-0.2, 0) is 35.5 Å². The molecule has 2 N–H and O–H groups in total. The molecule has 10 heteroatoms. The lowest BCUT2D eigenvalue weighted by atomic mass is 9.94. The van der Waals surface area contributed by atoms with Crippen molar-refractivity contribution in [3.8, 4) is 0 Å². The molecule has 2 amide bonds. The summed E-state index contributed by atoms with van der Waals surface area (Å²) < 4.78 is 9.27. The Labute approximate surface area is 203 Å². The third kappa shape index (κ3) is 4.62. The monoisotopic (exact) mass is 480 g/mol. The molecule has 1 unspecified atom stereocenters. The number of amides is 2. The van der Waals surface area contributed by atoms with Gasteiger partial charge in [-0.2, -0.15) is 5.10 Å². The number of hydrogen-bond acceptors (Lipinski definition) is 5. The standard InChI is InChI=1S/C25H32N6O4/c1-16-14-20-19(5-4-17(2)31(20)25(33)34)23-24(16)30(15-22(32)27-18-7-12-35-13-8-18)21(28-23)6-11-29-10-3-9-26-29/h3,9-10,14,17-18H,4-8,11-13,15H2,1-2H3,(H,27,32)(H,33,34). The second-order valence-corrected chi connectivity index (χ2v) is 9.52. The zero-order chi connectivity index (χ0) is 24.5. The van der Waals surface area contributed by atoms with E-state index in [1.807, 2.05) is 41.4 Å². The van der Waals surface area contributed by atoms with Crippen LogP contribution in [0.5, 0.6) is 0 Å². The van der Waals surface area contributed by atoms with Gasteiger partial charge >= 0.3 is 6.09 Å². The number of carboxylic acid groups (broad SMARTS) is 1. The molecule has 4 heterocycles. The zero-order valence-electron chi connectivity index (χ0n) is 20.2. The number of aromatic nitrogens is 4. The fourth-order valence-electron chi connectivity index (χ4n) is 5.33. The van der Waals surface area contributed by atoms with Gasteiger partial charge in [-0.25, -0.2) is 9.78 Å². The van der Waals surface area contributed by atoms with Gasteiger partial charge in [0.15, 0.2) is 0 Å². The minimum absolute atomic E-state index is 0.0468. The van der Waals surface area contributed by atoms with Crippen molar-refractivity contribution >= 4 is 28.7 Å². The molecule has 1 aromatic carbocycles. The van der Waals surface area contributed by atoms with Gasteiger partial charge in [-0.3, -0.25) is 14.4 Å². The van der Waals surface area contributed by atoms with Crippen molar-refractivity contribution < 1.29 is 19.4 Å². The summed E-state index contributed by atoms with van der Waals surface area (Å²) in [5.74, 6) is 0.754. The Morgan fingerprint density at radius 1 is 1.26 bits per heavy atom. The van der Waals surface area contributed by atoms with Crippen LogP contribution in [0, 0.1) is 6.92 Å². The van der Waals surface area contributed by atoms with Gasteiger partial charge in [-0.1, -0.05) is 0 Å². The minimum atomic E-state index is -0.952. The average Bonchev–Trinajstić information content (AvgIpc) is 3.46. The van der Waals surface area contributed by atoms with E-state index in [2.05, 4.69) is 10.4 Å². The van der Waals surface area contributed by atoms with Crippen molar-refractivity contribution in [1.82, 2.24) is 24.6 Å². The summed E-state index contributed by atoms with van der Waals surface area (Å²) in [7, 11) is 0. The maximum absolute atomic E-state index is 13.1. The van der Waals surface area contributed by atoms with E-state index in [0.29, 0.717) is 31.9 Å². The van der Waals surface area contributed by atoms with Crippen LogP contribution in [0.15, 0.2) is 24.5 Å². The Kier molecular flexibility index (Phi) is 6.46. The smallest absolute Gasteiger partial charge is 0.412 e. The van der Waals surface area contributed by atoms with Crippen molar-refractivity contribution in [1.29, 1.82) is 0 Å².